The van der Waals surface area contributed by atoms with E-state index in [1.807, 2.05) is 6.07 Å². The average Bonchev–Trinajstić information content (AvgIpc) is 2.33. The van der Waals surface area contributed by atoms with Crippen molar-refractivity contribution < 1.29 is 0 Å². The van der Waals surface area contributed by atoms with Gasteiger partial charge in [0.1, 0.15) is 0 Å². The fraction of sp³-hybridized carbons (Fsp3) is 0.571. The zero-order valence-corrected chi connectivity index (χ0v) is 12.4. The Bertz CT molecular complexity index is 434. The van der Waals surface area contributed by atoms with Crippen molar-refractivity contribution in [3.05, 3.63) is 22.2 Å². The third-order valence-electron chi connectivity index (χ3n) is 3.91. The molecule has 2 rings (SSSR count). The van der Waals surface area contributed by atoms with Gasteiger partial charge in [0.05, 0.1) is 21.4 Å². The first-order valence-corrected chi connectivity index (χ1v) is 7.22. The van der Waals surface area contributed by atoms with Gasteiger partial charge in [-0.1, -0.05) is 43.0 Å². The molecule has 2 nitrogen and oxygen atoms in total. The molecule has 2 N–H and O–H groups in total. The molecule has 100 valence electrons. The van der Waals surface area contributed by atoms with E-state index in [-0.39, 0.29) is 0 Å². The molecule has 0 spiro atoms. The van der Waals surface area contributed by atoms with Crippen LogP contribution in [0.1, 0.15) is 32.6 Å². The van der Waals surface area contributed by atoms with Crippen LogP contribution in [0, 0.1) is 5.92 Å². The molecular formula is C14H20Cl2N2. The highest BCUT2D eigenvalue weighted by atomic mass is 35.5. The number of nitrogens with two attached hydrogens (primary N) is 1. The molecule has 4 heteroatoms. The van der Waals surface area contributed by atoms with Gasteiger partial charge < -0.3 is 10.6 Å². The Morgan fingerprint density at radius 2 is 1.89 bits per heavy atom. The van der Waals surface area contributed by atoms with Gasteiger partial charge >= 0.3 is 0 Å². The maximum Gasteiger partial charge on any atom is 0.0615 e. The smallest absolute Gasteiger partial charge is 0.0615 e. The Hall–Kier alpha value is -0.600. The summed E-state index contributed by atoms with van der Waals surface area (Å²) in [5.74, 6) is 0.787. The van der Waals surface area contributed by atoms with Crippen molar-refractivity contribution in [3.63, 3.8) is 0 Å². The molecule has 1 aliphatic carbocycles. The summed E-state index contributed by atoms with van der Waals surface area (Å²) in [7, 11) is 2.10. The highest BCUT2D eigenvalue weighted by Crippen LogP contribution is 2.36. The Labute approximate surface area is 119 Å². The maximum absolute atomic E-state index is 6.08. The van der Waals surface area contributed by atoms with Crippen LogP contribution in [0.4, 0.5) is 11.4 Å². The summed E-state index contributed by atoms with van der Waals surface area (Å²) < 4.78 is 0. The lowest BCUT2D eigenvalue weighted by molar-refractivity contribution is 0.336. The van der Waals surface area contributed by atoms with Crippen LogP contribution in [0.5, 0.6) is 0 Å². The molecule has 1 fully saturated rings. The lowest BCUT2D eigenvalue weighted by Crippen LogP contribution is -2.35. The summed E-state index contributed by atoms with van der Waals surface area (Å²) in [6, 6.07) is 4.16. The van der Waals surface area contributed by atoms with Crippen molar-refractivity contribution in [1.82, 2.24) is 0 Å². The van der Waals surface area contributed by atoms with Crippen molar-refractivity contribution in [2.75, 3.05) is 17.7 Å². The molecule has 2 atom stereocenters. The molecule has 0 radical (unpaired) electrons. The molecule has 1 aromatic carbocycles. The summed E-state index contributed by atoms with van der Waals surface area (Å²) in [5.41, 5.74) is 7.74. The number of nitrogen functional groups attached to an aromatic ring is 1. The van der Waals surface area contributed by atoms with Crippen molar-refractivity contribution in [3.8, 4) is 0 Å². The van der Waals surface area contributed by atoms with Gasteiger partial charge in [-0.2, -0.15) is 0 Å². The first-order chi connectivity index (χ1) is 8.49. The second-order valence-corrected chi connectivity index (χ2v) is 6.18. The number of hydrogen-bond acceptors (Lipinski definition) is 2. The Morgan fingerprint density at radius 1 is 1.22 bits per heavy atom. The largest absolute Gasteiger partial charge is 0.397 e. The molecule has 1 aliphatic rings. The van der Waals surface area contributed by atoms with Gasteiger partial charge in [-0.25, -0.2) is 0 Å². The number of halogens is 2. The number of anilines is 2. The lowest BCUT2D eigenvalue weighted by Gasteiger charge is -2.36. The third kappa shape index (κ3) is 2.86. The monoisotopic (exact) mass is 286 g/mol. The molecule has 0 amide bonds. The van der Waals surface area contributed by atoms with Gasteiger partial charge in [-0.05, 0) is 30.9 Å². The standard InChI is InChI=1S/C14H20Cl2N2/c1-9-4-3-5-10(6-9)18(2)14-8-12(16)11(15)7-13(14)17/h7-10H,3-6,17H2,1-2H3. The SMILES string of the molecule is CC1CCCC(N(C)c2cc(Cl)c(Cl)cc2N)C1. The van der Waals surface area contributed by atoms with E-state index in [4.69, 9.17) is 28.9 Å². The van der Waals surface area contributed by atoms with Crippen LogP contribution in [-0.4, -0.2) is 13.1 Å². The van der Waals surface area contributed by atoms with Crippen LogP contribution in [0.2, 0.25) is 10.0 Å². The molecular weight excluding hydrogens is 267 g/mol. The fourth-order valence-corrected chi connectivity index (χ4v) is 3.14. The summed E-state index contributed by atoms with van der Waals surface area (Å²) in [5, 5.41) is 1.08. The highest BCUT2D eigenvalue weighted by molar-refractivity contribution is 6.42. The van der Waals surface area contributed by atoms with Crippen LogP contribution in [0.25, 0.3) is 0 Å². The zero-order chi connectivity index (χ0) is 13.3. The Kier molecular flexibility index (Phi) is 4.29. The van der Waals surface area contributed by atoms with Gasteiger partial charge in [0.15, 0.2) is 0 Å². The number of benzene rings is 1. The van der Waals surface area contributed by atoms with Gasteiger partial charge in [0.2, 0.25) is 0 Å². The first-order valence-electron chi connectivity index (χ1n) is 6.46. The zero-order valence-electron chi connectivity index (χ0n) is 10.9. The van der Waals surface area contributed by atoms with E-state index >= 15 is 0 Å². The van der Waals surface area contributed by atoms with Crippen LogP contribution >= 0.6 is 23.2 Å². The number of hydrogen-bond donors (Lipinski definition) is 1. The van der Waals surface area contributed by atoms with E-state index in [2.05, 4.69) is 18.9 Å². The van der Waals surface area contributed by atoms with Crippen LogP contribution in [0.15, 0.2) is 12.1 Å². The molecule has 1 saturated carbocycles. The predicted octanol–water partition coefficient (Wildman–Crippen LogP) is 4.59. The summed E-state index contributed by atoms with van der Waals surface area (Å²) in [6.45, 7) is 2.32. The topological polar surface area (TPSA) is 29.3 Å². The van der Waals surface area contributed by atoms with Crippen molar-refractivity contribution in [2.24, 2.45) is 5.92 Å². The molecule has 18 heavy (non-hydrogen) atoms. The van der Waals surface area contributed by atoms with E-state index in [9.17, 15) is 0 Å². The first kappa shape index (κ1) is 13.8. The van der Waals surface area contributed by atoms with Gasteiger partial charge in [-0.15, -0.1) is 0 Å². The normalized spacial score (nSPS) is 24.0. The molecule has 2 unspecified atom stereocenters. The minimum absolute atomic E-state index is 0.517. The summed E-state index contributed by atoms with van der Waals surface area (Å²) in [4.78, 5) is 2.26. The van der Waals surface area contributed by atoms with E-state index in [1.165, 1.54) is 25.7 Å². The van der Waals surface area contributed by atoms with Crippen molar-refractivity contribution >= 4 is 34.6 Å². The van der Waals surface area contributed by atoms with E-state index in [1.54, 1.807) is 6.07 Å². The van der Waals surface area contributed by atoms with Crippen LogP contribution < -0.4 is 10.6 Å². The average molecular weight is 287 g/mol. The Balaban J connectivity index is 2.22. The molecule has 0 aromatic heterocycles. The summed E-state index contributed by atoms with van der Waals surface area (Å²) in [6.07, 6.45) is 5.06. The second kappa shape index (κ2) is 5.58. The van der Waals surface area contributed by atoms with Crippen LogP contribution in [0.3, 0.4) is 0 Å². The van der Waals surface area contributed by atoms with Crippen molar-refractivity contribution in [2.45, 2.75) is 38.6 Å². The third-order valence-corrected chi connectivity index (χ3v) is 4.63. The second-order valence-electron chi connectivity index (χ2n) is 5.36. The quantitative estimate of drug-likeness (QED) is 0.806. The fourth-order valence-electron chi connectivity index (χ4n) is 2.81. The Morgan fingerprint density at radius 3 is 2.56 bits per heavy atom. The minimum Gasteiger partial charge on any atom is -0.397 e. The van der Waals surface area contributed by atoms with Crippen molar-refractivity contribution in [1.29, 1.82) is 0 Å². The van der Waals surface area contributed by atoms with E-state index in [0.717, 1.165) is 11.6 Å². The molecule has 0 saturated heterocycles. The molecule has 0 bridgehead atoms. The maximum atomic E-state index is 6.08. The molecule has 0 heterocycles. The number of rotatable bonds is 2. The predicted molar refractivity (Wildman–Crippen MR) is 80.7 cm³/mol. The van der Waals surface area contributed by atoms with Gasteiger partial charge in [-0.3, -0.25) is 0 Å². The summed E-state index contributed by atoms with van der Waals surface area (Å²) >= 11 is 12.1. The van der Waals surface area contributed by atoms with Gasteiger partial charge in [0, 0.05) is 13.1 Å². The molecule has 0 aliphatic heterocycles. The van der Waals surface area contributed by atoms with E-state index < -0.39 is 0 Å². The van der Waals surface area contributed by atoms with Crippen LogP contribution in [-0.2, 0) is 0 Å². The molecule has 1 aromatic rings. The minimum atomic E-state index is 0.517. The lowest BCUT2D eigenvalue weighted by atomic mass is 9.86. The van der Waals surface area contributed by atoms with E-state index in [0.29, 0.717) is 21.8 Å². The number of nitrogens with zero attached hydrogens (tertiary/aromatic N) is 1. The highest BCUT2D eigenvalue weighted by Gasteiger charge is 2.24. The van der Waals surface area contributed by atoms with Gasteiger partial charge in [0.25, 0.3) is 0 Å².